The lowest BCUT2D eigenvalue weighted by molar-refractivity contribution is 0.705. The molecule has 0 bridgehead atoms. The van der Waals surface area contributed by atoms with E-state index in [4.69, 9.17) is 5.73 Å². The summed E-state index contributed by atoms with van der Waals surface area (Å²) in [6.45, 7) is 0. The third kappa shape index (κ3) is 3.88. The maximum absolute atomic E-state index is 6.13. The second-order valence-electron chi connectivity index (χ2n) is 3.82. The van der Waals surface area contributed by atoms with Crippen LogP contribution >= 0.6 is 11.8 Å². The molecule has 0 fully saturated rings. The molecule has 3 heteroatoms. The van der Waals surface area contributed by atoms with Crippen LogP contribution < -0.4 is 5.73 Å². The Morgan fingerprint density at radius 3 is 2.53 bits per heavy atom. The first-order chi connectivity index (χ1) is 8.36. The van der Waals surface area contributed by atoms with E-state index in [1.54, 1.807) is 11.8 Å². The van der Waals surface area contributed by atoms with E-state index in [1.165, 1.54) is 5.56 Å². The second-order valence-corrected chi connectivity index (χ2v) is 4.94. The number of nitrogens with two attached hydrogens (primary N) is 1. The van der Waals surface area contributed by atoms with E-state index in [0.717, 1.165) is 17.2 Å². The molecule has 88 valence electrons. The molecule has 1 heterocycles. The lowest BCUT2D eigenvalue weighted by Crippen LogP contribution is -2.10. The summed E-state index contributed by atoms with van der Waals surface area (Å²) in [5.74, 6) is 0.993. The van der Waals surface area contributed by atoms with Gasteiger partial charge in [0.2, 0.25) is 0 Å². The molecule has 0 aliphatic carbocycles. The van der Waals surface area contributed by atoms with E-state index in [2.05, 4.69) is 17.1 Å². The molecule has 2 nitrogen and oxygen atoms in total. The van der Waals surface area contributed by atoms with Gasteiger partial charge >= 0.3 is 0 Å². The van der Waals surface area contributed by atoms with Gasteiger partial charge in [-0.25, -0.2) is 4.98 Å². The number of nitrogens with zero attached hydrogens (tertiary/aromatic N) is 1. The van der Waals surface area contributed by atoms with E-state index in [1.807, 2.05) is 42.6 Å². The van der Waals surface area contributed by atoms with Gasteiger partial charge in [0, 0.05) is 18.0 Å². The Kier molecular flexibility index (Phi) is 4.59. The summed E-state index contributed by atoms with van der Waals surface area (Å²) in [6.07, 6.45) is 2.78. The summed E-state index contributed by atoms with van der Waals surface area (Å²) in [4.78, 5) is 4.27. The Labute approximate surface area is 106 Å². The molecule has 0 spiro atoms. The number of aromatic nitrogens is 1. The molecule has 0 aliphatic heterocycles. The van der Waals surface area contributed by atoms with E-state index in [9.17, 15) is 0 Å². The van der Waals surface area contributed by atoms with Crippen molar-refractivity contribution in [1.29, 1.82) is 0 Å². The largest absolute Gasteiger partial charge is 0.324 e. The van der Waals surface area contributed by atoms with Crippen molar-refractivity contribution in [2.45, 2.75) is 17.5 Å². The first kappa shape index (κ1) is 12.1. The quantitative estimate of drug-likeness (QED) is 0.820. The van der Waals surface area contributed by atoms with E-state index < -0.39 is 0 Å². The van der Waals surface area contributed by atoms with Crippen molar-refractivity contribution in [3.63, 3.8) is 0 Å². The molecule has 2 rings (SSSR count). The number of thioether (sulfide) groups is 1. The first-order valence-corrected chi connectivity index (χ1v) is 6.69. The zero-order valence-electron chi connectivity index (χ0n) is 9.62. The highest BCUT2D eigenvalue weighted by Gasteiger charge is 2.05. The highest BCUT2D eigenvalue weighted by Crippen LogP contribution is 2.20. The predicted octanol–water partition coefficient (Wildman–Crippen LogP) is 3.26. The van der Waals surface area contributed by atoms with Crippen LogP contribution in [0.25, 0.3) is 0 Å². The highest BCUT2D eigenvalue weighted by atomic mass is 32.2. The molecule has 1 aromatic carbocycles. The normalized spacial score (nSPS) is 12.3. The second kappa shape index (κ2) is 6.42. The Balaban J connectivity index is 1.79. The van der Waals surface area contributed by atoms with Crippen LogP contribution in [0.5, 0.6) is 0 Å². The minimum Gasteiger partial charge on any atom is -0.324 e. The smallest absolute Gasteiger partial charge is 0.0959 e. The Morgan fingerprint density at radius 1 is 1.06 bits per heavy atom. The average Bonchev–Trinajstić information content (AvgIpc) is 2.41. The molecular formula is C14H16N2S. The van der Waals surface area contributed by atoms with Crippen molar-refractivity contribution in [3.8, 4) is 0 Å². The number of benzene rings is 1. The first-order valence-electron chi connectivity index (χ1n) is 5.70. The molecule has 2 N–H and O–H groups in total. The lowest BCUT2D eigenvalue weighted by Gasteiger charge is -2.11. The van der Waals surface area contributed by atoms with E-state index >= 15 is 0 Å². The summed E-state index contributed by atoms with van der Waals surface area (Å²) in [6, 6.07) is 16.3. The SMILES string of the molecule is N[C@H](CCSc1ccccn1)c1ccccc1. The lowest BCUT2D eigenvalue weighted by atomic mass is 10.1. The van der Waals surface area contributed by atoms with Gasteiger partial charge < -0.3 is 5.73 Å². The third-order valence-electron chi connectivity index (χ3n) is 2.54. The minimum absolute atomic E-state index is 0.118. The van der Waals surface area contributed by atoms with Gasteiger partial charge in [-0.1, -0.05) is 36.4 Å². The van der Waals surface area contributed by atoms with E-state index in [-0.39, 0.29) is 6.04 Å². The van der Waals surface area contributed by atoms with Crippen LogP contribution in [-0.4, -0.2) is 10.7 Å². The average molecular weight is 244 g/mol. The fourth-order valence-corrected chi connectivity index (χ4v) is 2.48. The molecule has 17 heavy (non-hydrogen) atoms. The van der Waals surface area contributed by atoms with Gasteiger partial charge in [-0.2, -0.15) is 0 Å². The number of pyridine rings is 1. The monoisotopic (exact) mass is 244 g/mol. The fraction of sp³-hybridized carbons (Fsp3) is 0.214. The minimum atomic E-state index is 0.118. The Morgan fingerprint density at radius 2 is 1.82 bits per heavy atom. The van der Waals surface area contributed by atoms with Crippen LogP contribution in [0.2, 0.25) is 0 Å². The van der Waals surface area contributed by atoms with Gasteiger partial charge in [-0.05, 0) is 24.1 Å². The van der Waals surface area contributed by atoms with Crippen LogP contribution in [-0.2, 0) is 0 Å². The zero-order chi connectivity index (χ0) is 11.9. The molecule has 0 amide bonds. The fourth-order valence-electron chi connectivity index (χ4n) is 1.59. The number of hydrogen-bond acceptors (Lipinski definition) is 3. The highest BCUT2D eigenvalue weighted by molar-refractivity contribution is 7.99. The molecular weight excluding hydrogens is 228 g/mol. The maximum atomic E-state index is 6.13. The Hall–Kier alpha value is -1.32. The topological polar surface area (TPSA) is 38.9 Å². The van der Waals surface area contributed by atoms with Gasteiger partial charge in [0.15, 0.2) is 0 Å². The molecule has 1 aromatic heterocycles. The molecule has 1 atom stereocenters. The zero-order valence-corrected chi connectivity index (χ0v) is 10.4. The van der Waals surface area contributed by atoms with E-state index in [0.29, 0.717) is 0 Å². The van der Waals surface area contributed by atoms with Crippen molar-refractivity contribution in [3.05, 3.63) is 60.3 Å². The van der Waals surface area contributed by atoms with Crippen molar-refractivity contribution >= 4 is 11.8 Å². The number of hydrogen-bond donors (Lipinski definition) is 1. The van der Waals surface area contributed by atoms with Crippen LogP contribution in [0, 0.1) is 0 Å². The predicted molar refractivity (Wildman–Crippen MR) is 72.9 cm³/mol. The molecule has 0 unspecified atom stereocenters. The molecule has 0 radical (unpaired) electrons. The van der Waals surface area contributed by atoms with Gasteiger partial charge in [-0.3, -0.25) is 0 Å². The summed E-state index contributed by atoms with van der Waals surface area (Å²) < 4.78 is 0. The molecule has 0 aliphatic rings. The van der Waals surface area contributed by atoms with Gasteiger partial charge in [0.05, 0.1) is 5.03 Å². The van der Waals surface area contributed by atoms with Gasteiger partial charge in [0.1, 0.15) is 0 Å². The number of rotatable bonds is 5. The van der Waals surface area contributed by atoms with Crippen molar-refractivity contribution < 1.29 is 0 Å². The standard InChI is InChI=1S/C14H16N2S/c15-13(12-6-2-1-3-7-12)9-11-17-14-8-4-5-10-16-14/h1-8,10,13H,9,11,15H2/t13-/m1/s1. The van der Waals surface area contributed by atoms with Crippen molar-refractivity contribution in [2.24, 2.45) is 5.73 Å². The van der Waals surface area contributed by atoms with Gasteiger partial charge in [0.25, 0.3) is 0 Å². The summed E-state index contributed by atoms with van der Waals surface area (Å²) in [5.41, 5.74) is 7.33. The van der Waals surface area contributed by atoms with Crippen LogP contribution in [0.4, 0.5) is 0 Å². The molecule has 0 saturated carbocycles. The van der Waals surface area contributed by atoms with Crippen LogP contribution in [0.1, 0.15) is 18.0 Å². The maximum Gasteiger partial charge on any atom is 0.0959 e. The van der Waals surface area contributed by atoms with Crippen LogP contribution in [0.15, 0.2) is 59.8 Å². The summed E-state index contributed by atoms with van der Waals surface area (Å²) in [7, 11) is 0. The summed E-state index contributed by atoms with van der Waals surface area (Å²) >= 11 is 1.75. The Bertz CT molecular complexity index is 430. The van der Waals surface area contributed by atoms with Crippen molar-refractivity contribution in [1.82, 2.24) is 4.98 Å². The summed E-state index contributed by atoms with van der Waals surface area (Å²) in [5, 5.41) is 1.06. The van der Waals surface area contributed by atoms with Gasteiger partial charge in [-0.15, -0.1) is 11.8 Å². The van der Waals surface area contributed by atoms with Crippen LogP contribution in [0.3, 0.4) is 0 Å². The van der Waals surface area contributed by atoms with Crippen molar-refractivity contribution in [2.75, 3.05) is 5.75 Å². The molecule has 0 saturated heterocycles. The molecule has 2 aromatic rings. The third-order valence-corrected chi connectivity index (χ3v) is 3.52.